The Labute approximate surface area is 94.3 Å². The van der Waals surface area contributed by atoms with Gasteiger partial charge >= 0.3 is 0 Å². The molecule has 1 heterocycles. The summed E-state index contributed by atoms with van der Waals surface area (Å²) in [5, 5.41) is 5.51. The summed E-state index contributed by atoms with van der Waals surface area (Å²) >= 11 is 0. The van der Waals surface area contributed by atoms with Crippen molar-refractivity contribution >= 4 is 23.8 Å². The van der Waals surface area contributed by atoms with Crippen LogP contribution in [0.25, 0.3) is 0 Å². The van der Waals surface area contributed by atoms with Gasteiger partial charge in [0.1, 0.15) is 0 Å². The molecule has 2 N–H and O–H groups in total. The van der Waals surface area contributed by atoms with E-state index in [9.17, 15) is 4.79 Å². The molecule has 0 radical (unpaired) electrons. The lowest BCUT2D eigenvalue weighted by molar-refractivity contribution is -0.114. The molecule has 88 valence electrons. The van der Waals surface area contributed by atoms with Crippen molar-refractivity contribution in [2.45, 2.75) is 13.8 Å². The molecular formula is C9H16N6O. The first-order valence-corrected chi connectivity index (χ1v) is 4.97. The molecular weight excluding hydrogens is 208 g/mol. The van der Waals surface area contributed by atoms with Crippen molar-refractivity contribution in [1.29, 1.82) is 0 Å². The van der Waals surface area contributed by atoms with E-state index in [1.807, 2.05) is 21.0 Å². The molecule has 0 fully saturated rings. The minimum atomic E-state index is -0.210. The summed E-state index contributed by atoms with van der Waals surface area (Å²) in [6.07, 6.45) is 0. The summed E-state index contributed by atoms with van der Waals surface area (Å²) in [6.45, 7) is 4.06. The van der Waals surface area contributed by atoms with Gasteiger partial charge < -0.3 is 10.2 Å². The molecule has 0 spiro atoms. The minimum Gasteiger partial charge on any atom is -0.354 e. The average molecular weight is 224 g/mol. The zero-order valence-corrected chi connectivity index (χ0v) is 9.90. The van der Waals surface area contributed by atoms with Gasteiger partial charge in [-0.2, -0.15) is 15.0 Å². The third-order valence-electron chi connectivity index (χ3n) is 1.65. The fraction of sp³-hybridized carbons (Fsp3) is 0.556. The first-order valence-electron chi connectivity index (χ1n) is 4.97. The van der Waals surface area contributed by atoms with Gasteiger partial charge in [0.25, 0.3) is 0 Å². The summed E-state index contributed by atoms with van der Waals surface area (Å²) in [6, 6.07) is 0. The molecule has 1 amide bonds. The predicted molar refractivity (Wildman–Crippen MR) is 62.6 cm³/mol. The second-order valence-corrected chi connectivity index (χ2v) is 3.39. The van der Waals surface area contributed by atoms with Crippen LogP contribution in [-0.4, -0.2) is 41.5 Å². The Kier molecular flexibility index (Phi) is 3.98. The van der Waals surface area contributed by atoms with Crippen LogP contribution in [0.15, 0.2) is 0 Å². The molecule has 16 heavy (non-hydrogen) atoms. The third-order valence-corrected chi connectivity index (χ3v) is 1.65. The van der Waals surface area contributed by atoms with Gasteiger partial charge in [0.15, 0.2) is 0 Å². The van der Waals surface area contributed by atoms with Crippen molar-refractivity contribution in [1.82, 2.24) is 15.0 Å². The van der Waals surface area contributed by atoms with E-state index < -0.39 is 0 Å². The van der Waals surface area contributed by atoms with Crippen LogP contribution in [0.2, 0.25) is 0 Å². The number of carbonyl (C=O) groups is 1. The number of hydrogen-bond donors (Lipinski definition) is 2. The van der Waals surface area contributed by atoms with Crippen LogP contribution in [0.4, 0.5) is 17.8 Å². The lowest BCUT2D eigenvalue weighted by Gasteiger charge is -2.12. The van der Waals surface area contributed by atoms with Gasteiger partial charge in [-0.1, -0.05) is 0 Å². The molecule has 0 bridgehead atoms. The quantitative estimate of drug-likeness (QED) is 0.766. The Morgan fingerprint density at radius 2 is 1.88 bits per heavy atom. The number of aromatic nitrogens is 3. The van der Waals surface area contributed by atoms with Gasteiger partial charge in [-0.3, -0.25) is 10.1 Å². The van der Waals surface area contributed by atoms with Crippen LogP contribution in [0.1, 0.15) is 13.8 Å². The summed E-state index contributed by atoms with van der Waals surface area (Å²) in [5.41, 5.74) is 0. The van der Waals surface area contributed by atoms with Crippen molar-refractivity contribution in [3.8, 4) is 0 Å². The smallest absolute Gasteiger partial charge is 0.236 e. The second-order valence-electron chi connectivity index (χ2n) is 3.39. The SMILES string of the molecule is CCNc1nc(NC(C)=O)nc(N(C)C)n1. The van der Waals surface area contributed by atoms with E-state index in [1.165, 1.54) is 6.92 Å². The summed E-state index contributed by atoms with van der Waals surface area (Å²) < 4.78 is 0. The van der Waals surface area contributed by atoms with Crippen LogP contribution in [0.3, 0.4) is 0 Å². The maximum Gasteiger partial charge on any atom is 0.236 e. The van der Waals surface area contributed by atoms with Crippen molar-refractivity contribution in [3.63, 3.8) is 0 Å². The average Bonchev–Trinajstić information content (AvgIpc) is 2.16. The molecule has 0 aromatic carbocycles. The van der Waals surface area contributed by atoms with E-state index in [1.54, 1.807) is 4.90 Å². The zero-order chi connectivity index (χ0) is 12.1. The van der Waals surface area contributed by atoms with E-state index >= 15 is 0 Å². The maximum atomic E-state index is 10.9. The van der Waals surface area contributed by atoms with E-state index in [-0.39, 0.29) is 11.9 Å². The highest BCUT2D eigenvalue weighted by atomic mass is 16.1. The fourth-order valence-corrected chi connectivity index (χ4v) is 1.02. The van der Waals surface area contributed by atoms with Crippen LogP contribution in [-0.2, 0) is 4.79 Å². The topological polar surface area (TPSA) is 83.0 Å². The number of anilines is 3. The van der Waals surface area contributed by atoms with Crippen molar-refractivity contribution in [2.75, 3.05) is 36.2 Å². The highest BCUT2D eigenvalue weighted by Gasteiger charge is 2.08. The number of amides is 1. The zero-order valence-electron chi connectivity index (χ0n) is 9.90. The molecule has 0 saturated heterocycles. The number of nitrogens with zero attached hydrogens (tertiary/aromatic N) is 4. The molecule has 0 aliphatic heterocycles. The molecule has 0 atom stereocenters. The fourth-order valence-electron chi connectivity index (χ4n) is 1.02. The molecule has 7 heteroatoms. The van der Waals surface area contributed by atoms with E-state index in [2.05, 4.69) is 25.6 Å². The van der Waals surface area contributed by atoms with E-state index in [4.69, 9.17) is 0 Å². The first kappa shape index (κ1) is 12.2. The van der Waals surface area contributed by atoms with Gasteiger partial charge in [-0.15, -0.1) is 0 Å². The summed E-state index contributed by atoms with van der Waals surface area (Å²) in [4.78, 5) is 25.0. The summed E-state index contributed by atoms with van der Waals surface area (Å²) in [5.74, 6) is 0.986. The predicted octanol–water partition coefficient (Wildman–Crippen LogP) is 0.328. The molecule has 7 nitrogen and oxygen atoms in total. The number of carbonyl (C=O) groups excluding carboxylic acids is 1. The highest BCUT2D eigenvalue weighted by Crippen LogP contribution is 2.10. The normalized spacial score (nSPS) is 9.75. The van der Waals surface area contributed by atoms with Crippen LogP contribution < -0.4 is 15.5 Å². The van der Waals surface area contributed by atoms with Gasteiger partial charge in [0.2, 0.25) is 23.8 Å². The van der Waals surface area contributed by atoms with Crippen LogP contribution >= 0.6 is 0 Å². The van der Waals surface area contributed by atoms with Crippen molar-refractivity contribution in [3.05, 3.63) is 0 Å². The lowest BCUT2D eigenvalue weighted by Crippen LogP contribution is -2.18. The van der Waals surface area contributed by atoms with E-state index in [0.29, 0.717) is 18.4 Å². The lowest BCUT2D eigenvalue weighted by atomic mass is 10.6. The standard InChI is InChI=1S/C9H16N6O/c1-5-10-7-12-8(11-6(2)16)14-9(13-7)15(3)4/h5H2,1-4H3,(H2,10,11,12,13,14,16). The largest absolute Gasteiger partial charge is 0.354 e. The monoisotopic (exact) mass is 224 g/mol. The van der Waals surface area contributed by atoms with E-state index in [0.717, 1.165) is 0 Å². The molecule has 1 aromatic rings. The molecule has 0 saturated carbocycles. The first-order chi connectivity index (χ1) is 7.52. The Morgan fingerprint density at radius 3 is 2.38 bits per heavy atom. The summed E-state index contributed by atoms with van der Waals surface area (Å²) in [7, 11) is 3.64. The highest BCUT2D eigenvalue weighted by molar-refractivity contribution is 5.86. The van der Waals surface area contributed by atoms with Crippen LogP contribution in [0.5, 0.6) is 0 Å². The molecule has 0 aliphatic rings. The molecule has 1 aromatic heterocycles. The number of nitrogens with one attached hydrogen (secondary N) is 2. The Hall–Kier alpha value is -1.92. The molecule has 0 aliphatic carbocycles. The number of rotatable bonds is 4. The Bertz CT molecular complexity index is 378. The maximum absolute atomic E-state index is 10.9. The van der Waals surface area contributed by atoms with Crippen LogP contribution in [0, 0.1) is 0 Å². The van der Waals surface area contributed by atoms with Gasteiger partial charge in [-0.25, -0.2) is 0 Å². The Morgan fingerprint density at radius 1 is 1.25 bits per heavy atom. The second kappa shape index (κ2) is 5.24. The van der Waals surface area contributed by atoms with Gasteiger partial charge in [-0.05, 0) is 6.92 Å². The van der Waals surface area contributed by atoms with Crippen molar-refractivity contribution in [2.24, 2.45) is 0 Å². The molecule has 0 unspecified atom stereocenters. The van der Waals surface area contributed by atoms with Crippen molar-refractivity contribution < 1.29 is 4.79 Å². The number of hydrogen-bond acceptors (Lipinski definition) is 6. The third kappa shape index (κ3) is 3.34. The molecule has 1 rings (SSSR count). The minimum absolute atomic E-state index is 0.210. The Balaban J connectivity index is 3.03. The van der Waals surface area contributed by atoms with Gasteiger partial charge in [0.05, 0.1) is 0 Å². The van der Waals surface area contributed by atoms with Gasteiger partial charge in [0, 0.05) is 27.6 Å².